The minimum absolute atomic E-state index is 0.104. The first kappa shape index (κ1) is 95.1. The SMILES string of the molecule is CCC(C)CCCCCCCCCCC(=O)O[C@H](COC(=O)CCCCCCCCC(C)C)COP(=O)(O)OC[C@H](O)COP(=O)(O)OC[C@@H](COC(=O)CCCCCCCCCCCCCCC(C)C)OC(=O)CCCCCCCCCCCCCCCCCCCCC(C)C. The van der Waals surface area contributed by atoms with E-state index < -0.39 is 97.5 Å². The molecule has 0 rings (SSSR count). The van der Waals surface area contributed by atoms with E-state index in [9.17, 15) is 43.2 Å². The zero-order chi connectivity index (χ0) is 71.7. The molecule has 3 unspecified atom stereocenters. The molecule has 0 spiro atoms. The van der Waals surface area contributed by atoms with Gasteiger partial charge >= 0.3 is 39.5 Å². The molecule has 17 nitrogen and oxygen atoms in total. The lowest BCUT2D eigenvalue weighted by molar-refractivity contribution is -0.161. The summed E-state index contributed by atoms with van der Waals surface area (Å²) in [6, 6.07) is 0. The van der Waals surface area contributed by atoms with Crippen LogP contribution in [0.4, 0.5) is 0 Å². The normalized spacial score (nSPS) is 14.4. The van der Waals surface area contributed by atoms with Crippen molar-refractivity contribution in [2.75, 3.05) is 39.6 Å². The first-order valence-corrected chi connectivity index (χ1v) is 43.2. The highest BCUT2D eigenvalue weighted by Gasteiger charge is 2.30. The van der Waals surface area contributed by atoms with Gasteiger partial charge in [-0.05, 0) is 49.4 Å². The van der Waals surface area contributed by atoms with E-state index in [1.54, 1.807) is 0 Å². The summed E-state index contributed by atoms with van der Waals surface area (Å²) in [6.07, 6.45) is 52.9. The van der Waals surface area contributed by atoms with Gasteiger partial charge in [-0.3, -0.25) is 37.3 Å². The summed E-state index contributed by atoms with van der Waals surface area (Å²) >= 11 is 0. The molecule has 0 aromatic rings. The highest BCUT2D eigenvalue weighted by atomic mass is 31.2. The molecule has 3 N–H and O–H groups in total. The molecule has 0 saturated heterocycles. The predicted octanol–water partition coefficient (Wildman–Crippen LogP) is 22.8. The summed E-state index contributed by atoms with van der Waals surface area (Å²) < 4.78 is 68.5. The number of rotatable bonds is 75. The molecule has 0 amide bonds. The molecule has 0 fully saturated rings. The van der Waals surface area contributed by atoms with Gasteiger partial charge in [-0.1, -0.05) is 344 Å². The summed E-state index contributed by atoms with van der Waals surface area (Å²) in [5.41, 5.74) is 0. The van der Waals surface area contributed by atoms with Crippen LogP contribution in [0.25, 0.3) is 0 Å². The van der Waals surface area contributed by atoms with Crippen LogP contribution < -0.4 is 0 Å². The van der Waals surface area contributed by atoms with Gasteiger partial charge in [0.1, 0.15) is 19.3 Å². The van der Waals surface area contributed by atoms with Crippen molar-refractivity contribution in [3.8, 4) is 0 Å². The van der Waals surface area contributed by atoms with Crippen LogP contribution in [0.1, 0.15) is 396 Å². The van der Waals surface area contributed by atoms with Gasteiger partial charge in [-0.25, -0.2) is 9.13 Å². The fourth-order valence-corrected chi connectivity index (χ4v) is 13.5. The van der Waals surface area contributed by atoms with Crippen molar-refractivity contribution >= 4 is 39.5 Å². The number of aliphatic hydroxyl groups excluding tert-OH is 1. The molecule has 0 aromatic carbocycles. The Morgan fingerprint density at radius 2 is 0.495 bits per heavy atom. The number of phosphoric ester groups is 2. The summed E-state index contributed by atoms with van der Waals surface area (Å²) in [4.78, 5) is 72.8. The summed E-state index contributed by atoms with van der Waals surface area (Å²) in [7, 11) is -9.91. The number of hydrogen-bond acceptors (Lipinski definition) is 15. The smallest absolute Gasteiger partial charge is 0.462 e. The third-order valence-corrected chi connectivity index (χ3v) is 20.3. The van der Waals surface area contributed by atoms with Gasteiger partial charge in [0.2, 0.25) is 0 Å². The van der Waals surface area contributed by atoms with E-state index in [0.29, 0.717) is 31.6 Å². The van der Waals surface area contributed by atoms with Gasteiger partial charge in [0, 0.05) is 25.7 Å². The lowest BCUT2D eigenvalue weighted by Gasteiger charge is -2.21. The fourth-order valence-electron chi connectivity index (χ4n) is 11.9. The average molecular weight is 1420 g/mol. The Balaban J connectivity index is 5.21. The maximum absolute atomic E-state index is 13.1. The van der Waals surface area contributed by atoms with E-state index in [1.165, 1.54) is 193 Å². The van der Waals surface area contributed by atoms with Crippen molar-refractivity contribution in [3.05, 3.63) is 0 Å². The number of ether oxygens (including phenoxy) is 4. The molecule has 0 aliphatic heterocycles. The van der Waals surface area contributed by atoms with Crippen molar-refractivity contribution in [2.24, 2.45) is 23.7 Å². The molecule has 0 aliphatic rings. The highest BCUT2D eigenvalue weighted by molar-refractivity contribution is 7.47. The van der Waals surface area contributed by atoms with Crippen LogP contribution in [-0.4, -0.2) is 96.7 Å². The van der Waals surface area contributed by atoms with Gasteiger partial charge in [-0.15, -0.1) is 0 Å². The third kappa shape index (κ3) is 70.9. The molecule has 0 aliphatic carbocycles. The standard InChI is InChI=1S/C78H152O17P2/c1-9-71(8)57-49-41-32-28-29-35-45-53-61-78(83)95-74(65-89-76(81)59-51-43-37-36-40-48-56-70(6)7)67-93-97(86,87)91-63-72(79)62-90-96(84,85)92-66-73(64-88-75(80)58-50-42-33-26-22-19-18-21-25-31-39-47-55-69(4)5)94-77(82)60-52-44-34-27-23-17-15-13-11-10-12-14-16-20-24-30-38-46-54-68(2)3/h68-74,79H,9-67H2,1-8H3,(H,84,85)(H,86,87)/t71?,72-,73-,74-/m1/s1. The Morgan fingerprint density at radius 3 is 0.732 bits per heavy atom. The van der Waals surface area contributed by atoms with E-state index in [-0.39, 0.29) is 25.7 Å². The van der Waals surface area contributed by atoms with Crippen molar-refractivity contribution in [1.29, 1.82) is 0 Å². The lowest BCUT2D eigenvalue weighted by Crippen LogP contribution is -2.30. The molecule has 19 heteroatoms. The maximum atomic E-state index is 13.1. The molecular weight excluding hydrogens is 1270 g/mol. The second kappa shape index (κ2) is 67.2. The number of phosphoric acid groups is 2. The Morgan fingerprint density at radius 1 is 0.289 bits per heavy atom. The van der Waals surface area contributed by atoms with Gasteiger partial charge in [-0.2, -0.15) is 0 Å². The number of unbranched alkanes of at least 4 members (excludes halogenated alkanes) is 40. The number of carbonyl (C=O) groups is 4. The lowest BCUT2D eigenvalue weighted by atomic mass is 9.99. The second-order valence-electron chi connectivity index (χ2n) is 29.8. The molecule has 0 radical (unpaired) electrons. The van der Waals surface area contributed by atoms with Crippen molar-refractivity contribution in [3.63, 3.8) is 0 Å². The monoisotopic (exact) mass is 1420 g/mol. The summed E-state index contributed by atoms with van der Waals surface area (Å²) in [6.45, 7) is 14.2. The van der Waals surface area contributed by atoms with Gasteiger partial charge in [0.25, 0.3) is 0 Å². The Hall–Kier alpha value is -1.94. The van der Waals surface area contributed by atoms with Crippen LogP contribution >= 0.6 is 15.6 Å². The zero-order valence-corrected chi connectivity index (χ0v) is 65.5. The number of hydrogen-bond donors (Lipinski definition) is 3. The molecule has 576 valence electrons. The van der Waals surface area contributed by atoms with Gasteiger partial charge < -0.3 is 33.8 Å². The molecule has 0 saturated carbocycles. The number of carbonyl (C=O) groups excluding carboxylic acids is 4. The molecule has 0 heterocycles. The summed E-state index contributed by atoms with van der Waals surface area (Å²) in [5.74, 6) is 0.929. The minimum atomic E-state index is -4.96. The Labute approximate surface area is 594 Å². The maximum Gasteiger partial charge on any atom is 0.472 e. The van der Waals surface area contributed by atoms with E-state index >= 15 is 0 Å². The zero-order valence-electron chi connectivity index (χ0n) is 63.7. The van der Waals surface area contributed by atoms with Crippen LogP contribution in [0.15, 0.2) is 0 Å². The first-order valence-electron chi connectivity index (χ1n) is 40.2. The largest absolute Gasteiger partial charge is 0.472 e. The highest BCUT2D eigenvalue weighted by Crippen LogP contribution is 2.45. The number of esters is 4. The Kier molecular flexibility index (Phi) is 65.9. The summed E-state index contributed by atoms with van der Waals surface area (Å²) in [5, 5.41) is 10.6. The third-order valence-electron chi connectivity index (χ3n) is 18.4. The van der Waals surface area contributed by atoms with Crippen molar-refractivity contribution in [2.45, 2.75) is 414 Å². The first-order chi connectivity index (χ1) is 46.6. The van der Waals surface area contributed by atoms with E-state index in [4.69, 9.17) is 37.0 Å². The van der Waals surface area contributed by atoms with Crippen molar-refractivity contribution in [1.82, 2.24) is 0 Å². The van der Waals surface area contributed by atoms with Crippen LogP contribution in [0, 0.1) is 23.7 Å². The van der Waals surface area contributed by atoms with Crippen LogP contribution in [0.3, 0.4) is 0 Å². The van der Waals surface area contributed by atoms with Crippen LogP contribution in [-0.2, 0) is 65.4 Å². The van der Waals surface area contributed by atoms with Gasteiger partial charge in [0.15, 0.2) is 12.2 Å². The van der Waals surface area contributed by atoms with E-state index in [1.807, 2.05) is 0 Å². The fraction of sp³-hybridized carbons (Fsp3) is 0.949. The van der Waals surface area contributed by atoms with Crippen LogP contribution in [0.5, 0.6) is 0 Å². The molecule has 0 bridgehead atoms. The quantitative estimate of drug-likeness (QED) is 0.0222. The van der Waals surface area contributed by atoms with E-state index in [0.717, 1.165) is 114 Å². The Bertz CT molecular complexity index is 1900. The van der Waals surface area contributed by atoms with Gasteiger partial charge in [0.05, 0.1) is 26.4 Å². The molecule has 0 aromatic heterocycles. The number of aliphatic hydroxyl groups is 1. The topological polar surface area (TPSA) is 237 Å². The molecule has 6 atom stereocenters. The molecular formula is C78H152O17P2. The molecule has 97 heavy (non-hydrogen) atoms. The predicted molar refractivity (Wildman–Crippen MR) is 395 cm³/mol. The average Bonchev–Trinajstić information content (AvgIpc) is 1.03. The van der Waals surface area contributed by atoms with Crippen molar-refractivity contribution < 1.29 is 80.2 Å². The second-order valence-corrected chi connectivity index (χ2v) is 32.7. The minimum Gasteiger partial charge on any atom is -0.462 e. The van der Waals surface area contributed by atoms with E-state index in [2.05, 4.69) is 55.4 Å². The van der Waals surface area contributed by atoms with Crippen LogP contribution in [0.2, 0.25) is 0 Å².